The fourth-order valence-corrected chi connectivity index (χ4v) is 3.48. The van der Waals surface area contributed by atoms with Crippen LogP contribution in [-0.2, 0) is 20.7 Å². The number of aromatic nitrogens is 1. The first-order valence-corrected chi connectivity index (χ1v) is 9.36. The Labute approximate surface area is 160 Å². The van der Waals surface area contributed by atoms with Gasteiger partial charge in [-0.1, -0.05) is 18.2 Å². The molecule has 1 amide bonds. The van der Waals surface area contributed by atoms with Gasteiger partial charge in [0, 0.05) is 28.4 Å². The van der Waals surface area contributed by atoms with E-state index >= 15 is 0 Å². The van der Waals surface area contributed by atoms with Gasteiger partial charge in [-0.2, -0.15) is 0 Å². The van der Waals surface area contributed by atoms with Gasteiger partial charge in [0.1, 0.15) is 11.9 Å². The van der Waals surface area contributed by atoms with Gasteiger partial charge in [0.15, 0.2) is 0 Å². The highest BCUT2D eigenvalue weighted by molar-refractivity contribution is 8.00. The summed E-state index contributed by atoms with van der Waals surface area (Å²) in [4.78, 5) is 28.3. The van der Waals surface area contributed by atoms with Crippen LogP contribution in [0.4, 0.5) is 4.39 Å². The first-order chi connectivity index (χ1) is 13.1. The molecule has 1 unspecified atom stereocenters. The molecule has 27 heavy (non-hydrogen) atoms. The fraction of sp³-hybridized carbons (Fsp3) is 0.200. The number of carbonyl (C=O) groups excluding carboxylic acids is 2. The Morgan fingerprint density at radius 2 is 1.93 bits per heavy atom. The Kier molecular flexibility index (Phi) is 6.13. The minimum absolute atomic E-state index is 0.118. The lowest BCUT2D eigenvalue weighted by Gasteiger charge is -2.16. The summed E-state index contributed by atoms with van der Waals surface area (Å²) in [6.07, 6.45) is 2.16. The summed E-state index contributed by atoms with van der Waals surface area (Å²) in [5, 5.41) is 3.73. The van der Waals surface area contributed by atoms with Gasteiger partial charge in [-0.3, -0.25) is 4.79 Å². The first-order valence-electron chi connectivity index (χ1n) is 8.37. The predicted molar refractivity (Wildman–Crippen MR) is 103 cm³/mol. The Morgan fingerprint density at radius 1 is 1.19 bits per heavy atom. The minimum Gasteiger partial charge on any atom is -0.467 e. The SMILES string of the molecule is COC(=O)C(Cc1c[nH]c2ccccc12)NC(=O)CSc1ccc(F)cc1. The average molecular weight is 386 g/mol. The number of para-hydroxylation sites is 1. The maximum Gasteiger partial charge on any atom is 0.328 e. The lowest BCUT2D eigenvalue weighted by atomic mass is 10.0. The molecule has 140 valence electrons. The third-order valence-electron chi connectivity index (χ3n) is 4.10. The van der Waals surface area contributed by atoms with Crippen molar-refractivity contribution < 1.29 is 18.7 Å². The summed E-state index contributed by atoms with van der Waals surface area (Å²) >= 11 is 1.27. The van der Waals surface area contributed by atoms with E-state index in [0.29, 0.717) is 6.42 Å². The number of halogens is 1. The number of benzene rings is 2. The molecule has 7 heteroatoms. The molecule has 0 fully saturated rings. The van der Waals surface area contributed by atoms with Gasteiger partial charge in [0.25, 0.3) is 0 Å². The maximum absolute atomic E-state index is 12.9. The molecule has 0 saturated carbocycles. The van der Waals surface area contributed by atoms with E-state index in [2.05, 4.69) is 10.3 Å². The number of methoxy groups -OCH3 is 1. The third kappa shape index (κ3) is 4.89. The van der Waals surface area contributed by atoms with Crippen molar-refractivity contribution in [1.29, 1.82) is 0 Å². The van der Waals surface area contributed by atoms with E-state index in [4.69, 9.17) is 4.74 Å². The molecule has 0 bridgehead atoms. The van der Waals surface area contributed by atoms with Crippen LogP contribution in [0.1, 0.15) is 5.56 Å². The smallest absolute Gasteiger partial charge is 0.328 e. The van der Waals surface area contributed by atoms with Gasteiger partial charge in [0.2, 0.25) is 5.91 Å². The standard InChI is InChI=1S/C20H19FN2O3S/c1-26-20(25)18(10-13-11-22-17-5-3-2-4-16(13)17)23-19(24)12-27-15-8-6-14(21)7-9-15/h2-9,11,18,22H,10,12H2,1H3,(H,23,24). The Morgan fingerprint density at radius 3 is 2.67 bits per heavy atom. The van der Waals surface area contributed by atoms with E-state index in [9.17, 15) is 14.0 Å². The second-order valence-corrected chi connectivity index (χ2v) is 7.00. The molecule has 2 aromatic carbocycles. The van der Waals surface area contributed by atoms with Crippen LogP contribution in [0, 0.1) is 5.82 Å². The molecular formula is C20H19FN2O3S. The van der Waals surface area contributed by atoms with Crippen LogP contribution in [0.25, 0.3) is 10.9 Å². The van der Waals surface area contributed by atoms with Crippen molar-refractivity contribution in [3.63, 3.8) is 0 Å². The van der Waals surface area contributed by atoms with E-state index in [1.54, 1.807) is 12.1 Å². The number of fused-ring (bicyclic) bond motifs is 1. The van der Waals surface area contributed by atoms with Crippen molar-refractivity contribution in [3.05, 3.63) is 66.1 Å². The van der Waals surface area contributed by atoms with Crippen LogP contribution >= 0.6 is 11.8 Å². The second-order valence-electron chi connectivity index (χ2n) is 5.95. The lowest BCUT2D eigenvalue weighted by Crippen LogP contribution is -2.43. The molecular weight excluding hydrogens is 367 g/mol. The van der Waals surface area contributed by atoms with Gasteiger partial charge in [-0.05, 0) is 35.9 Å². The Hall–Kier alpha value is -2.80. The van der Waals surface area contributed by atoms with Crippen molar-refractivity contribution >= 4 is 34.5 Å². The van der Waals surface area contributed by atoms with Gasteiger partial charge in [-0.25, -0.2) is 9.18 Å². The number of hydrogen-bond donors (Lipinski definition) is 2. The average Bonchev–Trinajstić information content (AvgIpc) is 3.09. The van der Waals surface area contributed by atoms with Crippen molar-refractivity contribution in [2.45, 2.75) is 17.4 Å². The quantitative estimate of drug-likeness (QED) is 0.483. The molecule has 0 spiro atoms. The fourth-order valence-electron chi connectivity index (χ4n) is 2.77. The number of thioether (sulfide) groups is 1. The van der Waals surface area contributed by atoms with Gasteiger partial charge >= 0.3 is 5.97 Å². The number of rotatable bonds is 7. The lowest BCUT2D eigenvalue weighted by molar-refractivity contribution is -0.144. The molecule has 2 N–H and O–H groups in total. The summed E-state index contributed by atoms with van der Waals surface area (Å²) in [5.74, 6) is -0.999. The van der Waals surface area contributed by atoms with E-state index in [0.717, 1.165) is 21.4 Å². The third-order valence-corrected chi connectivity index (χ3v) is 5.12. The van der Waals surface area contributed by atoms with Crippen LogP contribution in [-0.4, -0.2) is 35.8 Å². The van der Waals surface area contributed by atoms with Crippen molar-refractivity contribution in [2.75, 3.05) is 12.9 Å². The number of esters is 1. The largest absolute Gasteiger partial charge is 0.467 e. The van der Waals surface area contributed by atoms with E-state index < -0.39 is 12.0 Å². The van der Waals surface area contributed by atoms with E-state index in [1.807, 2.05) is 30.5 Å². The van der Waals surface area contributed by atoms with E-state index in [-0.39, 0.29) is 17.5 Å². The van der Waals surface area contributed by atoms with Crippen LogP contribution < -0.4 is 5.32 Å². The van der Waals surface area contributed by atoms with Crippen LogP contribution in [0.3, 0.4) is 0 Å². The molecule has 3 aromatic rings. The molecule has 0 saturated heterocycles. The molecule has 0 radical (unpaired) electrons. The monoisotopic (exact) mass is 386 g/mol. The number of nitrogens with one attached hydrogen (secondary N) is 2. The molecule has 1 heterocycles. The van der Waals surface area contributed by atoms with Crippen molar-refractivity contribution in [3.8, 4) is 0 Å². The molecule has 5 nitrogen and oxygen atoms in total. The number of ether oxygens (including phenoxy) is 1. The number of H-pyrrole nitrogens is 1. The summed E-state index contributed by atoms with van der Waals surface area (Å²) < 4.78 is 17.8. The minimum atomic E-state index is -0.782. The number of aromatic amines is 1. The zero-order valence-electron chi connectivity index (χ0n) is 14.7. The number of amides is 1. The molecule has 3 rings (SSSR count). The van der Waals surface area contributed by atoms with Crippen LogP contribution in [0.5, 0.6) is 0 Å². The van der Waals surface area contributed by atoms with Crippen LogP contribution in [0.15, 0.2) is 59.6 Å². The molecule has 0 aliphatic heterocycles. The highest BCUT2D eigenvalue weighted by Crippen LogP contribution is 2.20. The topological polar surface area (TPSA) is 71.2 Å². The number of hydrogen-bond acceptors (Lipinski definition) is 4. The predicted octanol–water partition coefficient (Wildman–Crippen LogP) is 3.30. The number of carbonyl (C=O) groups is 2. The first kappa shape index (κ1) is 19.0. The maximum atomic E-state index is 12.9. The zero-order valence-corrected chi connectivity index (χ0v) is 15.5. The normalized spacial score (nSPS) is 11.9. The highest BCUT2D eigenvalue weighted by atomic mass is 32.2. The summed E-state index contributed by atoms with van der Waals surface area (Å²) in [6.45, 7) is 0. The summed E-state index contributed by atoms with van der Waals surface area (Å²) in [7, 11) is 1.30. The molecule has 1 atom stereocenters. The van der Waals surface area contributed by atoms with Gasteiger partial charge in [-0.15, -0.1) is 11.8 Å². The van der Waals surface area contributed by atoms with Crippen molar-refractivity contribution in [2.24, 2.45) is 0 Å². The highest BCUT2D eigenvalue weighted by Gasteiger charge is 2.23. The second kappa shape index (κ2) is 8.73. The van der Waals surface area contributed by atoms with Crippen molar-refractivity contribution in [1.82, 2.24) is 10.3 Å². The molecule has 0 aliphatic carbocycles. The Balaban J connectivity index is 1.65. The van der Waals surface area contributed by atoms with Gasteiger partial charge < -0.3 is 15.0 Å². The van der Waals surface area contributed by atoms with Gasteiger partial charge in [0.05, 0.1) is 12.9 Å². The van der Waals surface area contributed by atoms with E-state index in [1.165, 1.54) is 31.0 Å². The van der Waals surface area contributed by atoms with Crippen LogP contribution in [0.2, 0.25) is 0 Å². The summed E-state index contributed by atoms with van der Waals surface area (Å²) in [5.41, 5.74) is 1.89. The molecule has 1 aromatic heterocycles. The molecule has 0 aliphatic rings. The summed E-state index contributed by atoms with van der Waals surface area (Å²) in [6, 6.07) is 12.9. The Bertz CT molecular complexity index is 940. The zero-order chi connectivity index (χ0) is 19.2.